The van der Waals surface area contributed by atoms with Crippen LogP contribution in [0.2, 0.25) is 0 Å². The van der Waals surface area contributed by atoms with Gasteiger partial charge in [-0.25, -0.2) is 26.9 Å². The molecule has 1 fully saturated rings. The third-order valence-electron chi connectivity index (χ3n) is 7.54. The molecule has 0 atom stereocenters. The van der Waals surface area contributed by atoms with Crippen LogP contribution in [0, 0.1) is 16.0 Å². The van der Waals surface area contributed by atoms with Crippen molar-refractivity contribution in [2.75, 3.05) is 38.3 Å². The molecule has 3 N–H and O–H groups in total. The molecule has 1 saturated heterocycles. The van der Waals surface area contributed by atoms with Crippen LogP contribution in [0.25, 0.3) is 11.0 Å². The molecule has 0 aliphatic carbocycles. The van der Waals surface area contributed by atoms with Gasteiger partial charge in [-0.05, 0) is 68.2 Å². The number of sulfonamides is 1. The van der Waals surface area contributed by atoms with Crippen molar-refractivity contribution in [3.05, 3.63) is 82.7 Å². The van der Waals surface area contributed by atoms with Gasteiger partial charge < -0.3 is 15.0 Å². The van der Waals surface area contributed by atoms with E-state index < -0.39 is 50.8 Å². The van der Waals surface area contributed by atoms with Crippen LogP contribution in [0.5, 0.6) is 11.5 Å². The molecule has 2 aromatic carbocycles. The molecular formula is C29H30F2N6O6S. The number of nitro benzene ring substituents is 1. The van der Waals surface area contributed by atoms with Crippen molar-refractivity contribution in [1.29, 1.82) is 0 Å². The monoisotopic (exact) mass is 628 g/mol. The number of likely N-dealkylation sites (tertiary alicyclic amines) is 1. The van der Waals surface area contributed by atoms with Gasteiger partial charge in [0.05, 0.1) is 27.6 Å². The van der Waals surface area contributed by atoms with Crippen molar-refractivity contribution < 1.29 is 31.7 Å². The Hall–Kier alpha value is -4.63. The lowest BCUT2D eigenvalue weighted by Crippen LogP contribution is -2.44. The van der Waals surface area contributed by atoms with Gasteiger partial charge >= 0.3 is 0 Å². The van der Waals surface area contributed by atoms with Crippen LogP contribution < -0.4 is 14.8 Å². The predicted octanol–water partition coefficient (Wildman–Crippen LogP) is 4.81. The van der Waals surface area contributed by atoms with Crippen LogP contribution in [0.15, 0.2) is 71.9 Å². The van der Waals surface area contributed by atoms with Gasteiger partial charge in [0.2, 0.25) is 0 Å². The normalized spacial score (nSPS) is 14.5. The van der Waals surface area contributed by atoms with E-state index in [2.05, 4.69) is 15.3 Å². The first kappa shape index (κ1) is 30.8. The molecule has 0 saturated carbocycles. The number of fused-ring (bicyclic) bond motifs is 1. The Bertz CT molecular complexity index is 1760. The zero-order chi connectivity index (χ0) is 31.3. The number of nitro groups is 1. The van der Waals surface area contributed by atoms with E-state index in [1.54, 1.807) is 29.3 Å². The van der Waals surface area contributed by atoms with E-state index in [1.807, 2.05) is 4.72 Å². The highest BCUT2D eigenvalue weighted by molar-refractivity contribution is 7.90. The predicted molar refractivity (Wildman–Crippen MR) is 159 cm³/mol. The molecule has 1 aliphatic heterocycles. The number of para-hydroxylation sites is 1. The van der Waals surface area contributed by atoms with Gasteiger partial charge in [0.15, 0.2) is 0 Å². The maximum atomic E-state index is 13.1. The van der Waals surface area contributed by atoms with Crippen molar-refractivity contribution in [2.45, 2.75) is 23.8 Å². The van der Waals surface area contributed by atoms with E-state index in [0.717, 1.165) is 11.5 Å². The second kappa shape index (κ2) is 13.3. The minimum atomic E-state index is -4.52. The van der Waals surface area contributed by atoms with Crippen LogP contribution in [0.4, 0.5) is 20.2 Å². The van der Waals surface area contributed by atoms with Gasteiger partial charge in [-0.3, -0.25) is 19.8 Å². The number of ether oxygens (including phenoxy) is 1. The lowest BCUT2D eigenvalue weighted by atomic mass is 9.95. The molecule has 5 rings (SSSR count). The molecule has 0 unspecified atom stereocenters. The topological polar surface area (TPSA) is 160 Å². The molecule has 0 bridgehead atoms. The second-order valence-corrected chi connectivity index (χ2v) is 12.1. The maximum absolute atomic E-state index is 13.1. The van der Waals surface area contributed by atoms with Crippen molar-refractivity contribution in [3.8, 4) is 11.5 Å². The number of aromatic nitrogens is 2. The van der Waals surface area contributed by atoms with Gasteiger partial charge in [0.25, 0.3) is 21.6 Å². The lowest BCUT2D eigenvalue weighted by molar-refractivity contribution is -0.384. The quantitative estimate of drug-likeness (QED) is 0.148. The Balaban J connectivity index is 1.26. The van der Waals surface area contributed by atoms with Crippen molar-refractivity contribution in [1.82, 2.24) is 19.6 Å². The smallest absolute Gasteiger partial charge is 0.293 e. The number of carbonyl (C=O) groups excluding carboxylic acids is 1. The summed E-state index contributed by atoms with van der Waals surface area (Å²) in [6, 6.07) is 12.1. The number of hydrogen-bond donors (Lipinski definition) is 3. The summed E-state index contributed by atoms with van der Waals surface area (Å²) in [6.07, 6.45) is 4.47. The van der Waals surface area contributed by atoms with Gasteiger partial charge in [0.1, 0.15) is 36.2 Å². The van der Waals surface area contributed by atoms with Crippen LogP contribution in [-0.4, -0.2) is 73.1 Å². The van der Waals surface area contributed by atoms with Crippen LogP contribution in [-0.2, 0) is 10.0 Å². The fourth-order valence-electron chi connectivity index (χ4n) is 5.07. The summed E-state index contributed by atoms with van der Waals surface area (Å²) >= 11 is 0. The van der Waals surface area contributed by atoms with E-state index in [-0.39, 0.29) is 22.9 Å². The van der Waals surface area contributed by atoms with E-state index in [1.165, 1.54) is 36.5 Å². The second-order valence-electron chi connectivity index (χ2n) is 10.4. The molecule has 1 amide bonds. The van der Waals surface area contributed by atoms with Crippen molar-refractivity contribution in [3.63, 3.8) is 0 Å². The Kier molecular flexibility index (Phi) is 9.35. The molecule has 232 valence electrons. The highest BCUT2D eigenvalue weighted by atomic mass is 32.2. The number of carbonyl (C=O) groups is 1. The number of piperidine rings is 1. The minimum absolute atomic E-state index is 0.0755. The first-order valence-corrected chi connectivity index (χ1v) is 15.3. The van der Waals surface area contributed by atoms with Gasteiger partial charge in [-0.2, -0.15) is 0 Å². The standard InChI is InChI=1S/C29H30F2N6O6S/c30-15-21(16-31)36-11-8-19(9-12-36)17-33-25-6-5-23(14-26(25)37(39)40)44(41,42)35-29(38)24-3-1-2-4-27(24)43-22-13-20-7-10-32-28(20)34-18-22/h1-7,10,13-14,18-19,21,33H,8-9,11-12,15-17H2,(H,32,34)(H,35,38). The minimum Gasteiger partial charge on any atom is -0.455 e. The number of benzene rings is 2. The van der Waals surface area contributed by atoms with E-state index >= 15 is 0 Å². The molecule has 0 radical (unpaired) electrons. The summed E-state index contributed by atoms with van der Waals surface area (Å²) in [5.41, 5.74) is 0.199. The summed E-state index contributed by atoms with van der Waals surface area (Å²) in [5, 5.41) is 15.6. The SMILES string of the molecule is O=C(NS(=O)(=O)c1ccc(NCC2CCN(C(CF)CF)CC2)c([N+](=O)[O-])c1)c1ccccc1Oc1cnc2[nH]ccc2c1. The average molecular weight is 629 g/mol. The number of nitrogens with one attached hydrogen (secondary N) is 3. The Morgan fingerprint density at radius 3 is 2.61 bits per heavy atom. The molecule has 2 aromatic heterocycles. The number of alkyl halides is 2. The number of amides is 1. The number of hydrogen-bond acceptors (Lipinski definition) is 9. The highest BCUT2D eigenvalue weighted by Crippen LogP contribution is 2.30. The molecule has 1 aliphatic rings. The molecule has 44 heavy (non-hydrogen) atoms. The average Bonchev–Trinajstić information content (AvgIpc) is 3.49. The Morgan fingerprint density at radius 1 is 1.14 bits per heavy atom. The van der Waals surface area contributed by atoms with Gasteiger partial charge in [-0.15, -0.1) is 0 Å². The number of aromatic amines is 1. The third kappa shape index (κ3) is 6.94. The van der Waals surface area contributed by atoms with Crippen molar-refractivity contribution >= 4 is 38.3 Å². The van der Waals surface area contributed by atoms with Gasteiger partial charge in [-0.1, -0.05) is 12.1 Å². The van der Waals surface area contributed by atoms with E-state index in [9.17, 15) is 32.1 Å². The van der Waals surface area contributed by atoms with Crippen LogP contribution in [0.1, 0.15) is 23.2 Å². The highest BCUT2D eigenvalue weighted by Gasteiger charge is 2.27. The molecule has 0 spiro atoms. The Morgan fingerprint density at radius 2 is 1.89 bits per heavy atom. The summed E-state index contributed by atoms with van der Waals surface area (Å²) in [5.74, 6) is -0.474. The number of anilines is 1. The summed E-state index contributed by atoms with van der Waals surface area (Å²) in [6.45, 7) is -0.139. The fraction of sp³-hybridized carbons (Fsp3) is 0.310. The molecule has 12 nitrogen and oxygen atoms in total. The molecular weight excluding hydrogens is 598 g/mol. The fourth-order valence-corrected chi connectivity index (χ4v) is 6.06. The van der Waals surface area contributed by atoms with E-state index in [0.29, 0.717) is 43.9 Å². The first-order chi connectivity index (χ1) is 21.2. The van der Waals surface area contributed by atoms with Crippen molar-refractivity contribution in [2.24, 2.45) is 5.92 Å². The number of rotatable bonds is 12. The number of nitrogens with zero attached hydrogens (tertiary/aromatic N) is 3. The van der Waals surface area contributed by atoms with Crippen LogP contribution in [0.3, 0.4) is 0 Å². The lowest BCUT2D eigenvalue weighted by Gasteiger charge is -2.35. The number of halogens is 2. The molecule has 15 heteroatoms. The van der Waals surface area contributed by atoms with Gasteiger partial charge in [0, 0.05) is 24.2 Å². The summed E-state index contributed by atoms with van der Waals surface area (Å²) < 4.78 is 60.1. The molecule has 3 heterocycles. The van der Waals surface area contributed by atoms with Crippen LogP contribution >= 0.6 is 0 Å². The first-order valence-electron chi connectivity index (χ1n) is 13.8. The number of pyridine rings is 1. The number of H-pyrrole nitrogens is 1. The summed E-state index contributed by atoms with van der Waals surface area (Å²) in [4.78, 5) is 32.7. The van der Waals surface area contributed by atoms with E-state index in [4.69, 9.17) is 4.74 Å². The summed E-state index contributed by atoms with van der Waals surface area (Å²) in [7, 11) is -4.52. The zero-order valence-electron chi connectivity index (χ0n) is 23.4. The zero-order valence-corrected chi connectivity index (χ0v) is 24.2. The largest absolute Gasteiger partial charge is 0.455 e. The molecule has 4 aromatic rings. The Labute approximate surface area is 251 Å². The maximum Gasteiger partial charge on any atom is 0.293 e. The third-order valence-corrected chi connectivity index (χ3v) is 8.87.